The number of hydrogen-bond donors (Lipinski definition) is 1. The molecule has 3 nitrogen and oxygen atoms in total. The Morgan fingerprint density at radius 3 is 2.80 bits per heavy atom. The summed E-state index contributed by atoms with van der Waals surface area (Å²) in [7, 11) is 0. The van der Waals surface area contributed by atoms with Crippen LogP contribution < -0.4 is 5.73 Å². The molecule has 0 saturated heterocycles. The third-order valence-corrected chi connectivity index (χ3v) is 4.31. The van der Waals surface area contributed by atoms with E-state index in [0.717, 1.165) is 13.0 Å². The maximum absolute atomic E-state index is 6.29. The Balaban J connectivity index is 1.90. The topological polar surface area (TPSA) is 43.8 Å². The second kappa shape index (κ2) is 2.85. The average Bonchev–Trinajstić information content (AvgIpc) is 2.90. The zero-order valence-corrected chi connectivity index (χ0v) is 9.58. The van der Waals surface area contributed by atoms with Crippen LogP contribution in [0.1, 0.15) is 36.5 Å². The van der Waals surface area contributed by atoms with E-state index in [1.807, 2.05) is 0 Å². The first-order valence-corrected chi connectivity index (χ1v) is 5.92. The van der Waals surface area contributed by atoms with Crippen molar-refractivity contribution in [3.63, 3.8) is 0 Å². The van der Waals surface area contributed by atoms with Crippen molar-refractivity contribution in [3.05, 3.63) is 17.2 Å². The Morgan fingerprint density at radius 2 is 2.13 bits per heavy atom. The van der Waals surface area contributed by atoms with Crippen molar-refractivity contribution in [3.8, 4) is 0 Å². The van der Waals surface area contributed by atoms with Crippen LogP contribution in [0.2, 0.25) is 0 Å². The number of rotatable bonds is 1. The smallest absolute Gasteiger partial charge is 0.109 e. The first kappa shape index (κ1) is 9.40. The van der Waals surface area contributed by atoms with Crippen molar-refractivity contribution in [2.24, 2.45) is 11.7 Å². The number of fused-ring (bicyclic) bond motifs is 1. The third-order valence-electron chi connectivity index (χ3n) is 4.31. The van der Waals surface area contributed by atoms with Crippen LogP contribution in [0.25, 0.3) is 0 Å². The third kappa shape index (κ3) is 1.33. The molecule has 0 bridgehead atoms. The number of aryl methyl sites for hydroxylation is 1. The van der Waals surface area contributed by atoms with Crippen molar-refractivity contribution in [2.75, 3.05) is 0 Å². The SMILES string of the molecule is Cc1nc2n(c1C)CCC(C1(N)CC1)C2. The van der Waals surface area contributed by atoms with E-state index in [2.05, 4.69) is 23.4 Å². The van der Waals surface area contributed by atoms with Crippen molar-refractivity contribution >= 4 is 0 Å². The van der Waals surface area contributed by atoms with Gasteiger partial charge in [0.1, 0.15) is 5.82 Å². The molecule has 1 saturated carbocycles. The molecule has 82 valence electrons. The highest BCUT2D eigenvalue weighted by atomic mass is 15.1. The molecule has 0 amide bonds. The Morgan fingerprint density at radius 1 is 1.40 bits per heavy atom. The molecule has 1 aromatic heterocycles. The van der Waals surface area contributed by atoms with Crippen LogP contribution in [-0.2, 0) is 13.0 Å². The lowest BCUT2D eigenvalue weighted by atomic mass is 9.88. The minimum Gasteiger partial charge on any atom is -0.332 e. The van der Waals surface area contributed by atoms with E-state index in [4.69, 9.17) is 5.73 Å². The lowest BCUT2D eigenvalue weighted by molar-refractivity contribution is 0.309. The van der Waals surface area contributed by atoms with Crippen LogP contribution in [0.15, 0.2) is 0 Å². The molecule has 0 radical (unpaired) electrons. The highest BCUT2D eigenvalue weighted by molar-refractivity contribution is 5.18. The van der Waals surface area contributed by atoms with Crippen molar-refractivity contribution < 1.29 is 0 Å². The zero-order chi connectivity index (χ0) is 10.6. The minimum absolute atomic E-state index is 0.166. The molecule has 1 atom stereocenters. The molecule has 0 aromatic carbocycles. The zero-order valence-electron chi connectivity index (χ0n) is 9.58. The van der Waals surface area contributed by atoms with Gasteiger partial charge >= 0.3 is 0 Å². The average molecular weight is 205 g/mol. The predicted octanol–water partition coefficient (Wildman–Crippen LogP) is 1.55. The first-order chi connectivity index (χ1) is 7.10. The Labute approximate surface area is 90.7 Å². The second-order valence-electron chi connectivity index (χ2n) is 5.27. The maximum atomic E-state index is 6.29. The van der Waals surface area contributed by atoms with Crippen molar-refractivity contribution in [1.29, 1.82) is 0 Å². The first-order valence-electron chi connectivity index (χ1n) is 5.92. The number of hydrogen-bond acceptors (Lipinski definition) is 2. The second-order valence-corrected chi connectivity index (χ2v) is 5.27. The summed E-state index contributed by atoms with van der Waals surface area (Å²) in [6, 6.07) is 0. The molecule has 1 aliphatic carbocycles. The molecule has 3 rings (SSSR count). The van der Waals surface area contributed by atoms with E-state index in [-0.39, 0.29) is 5.54 Å². The predicted molar refractivity (Wildman–Crippen MR) is 59.7 cm³/mol. The van der Waals surface area contributed by atoms with Crippen LogP contribution >= 0.6 is 0 Å². The molecule has 1 aliphatic heterocycles. The summed E-state index contributed by atoms with van der Waals surface area (Å²) < 4.78 is 2.37. The molecule has 2 heterocycles. The van der Waals surface area contributed by atoms with Gasteiger partial charge in [0.15, 0.2) is 0 Å². The lowest BCUT2D eigenvalue weighted by Crippen LogP contribution is -2.37. The molecular formula is C12H19N3. The molecule has 2 N–H and O–H groups in total. The molecule has 0 spiro atoms. The van der Waals surface area contributed by atoms with Crippen molar-refractivity contribution in [2.45, 2.75) is 51.6 Å². The minimum atomic E-state index is 0.166. The van der Waals surface area contributed by atoms with Gasteiger partial charge in [-0.15, -0.1) is 0 Å². The van der Waals surface area contributed by atoms with E-state index >= 15 is 0 Å². The number of nitrogens with zero attached hydrogens (tertiary/aromatic N) is 2. The van der Waals surface area contributed by atoms with Crippen molar-refractivity contribution in [1.82, 2.24) is 9.55 Å². The van der Waals surface area contributed by atoms with Gasteiger partial charge in [0, 0.05) is 24.2 Å². The Kier molecular flexibility index (Phi) is 1.78. The number of imidazole rings is 1. The van der Waals surface area contributed by atoms with Crippen LogP contribution in [0.4, 0.5) is 0 Å². The van der Waals surface area contributed by atoms with E-state index < -0.39 is 0 Å². The largest absolute Gasteiger partial charge is 0.332 e. The lowest BCUT2D eigenvalue weighted by Gasteiger charge is -2.28. The highest BCUT2D eigenvalue weighted by Crippen LogP contribution is 2.44. The maximum Gasteiger partial charge on any atom is 0.109 e. The quantitative estimate of drug-likeness (QED) is 0.756. The summed E-state index contributed by atoms with van der Waals surface area (Å²) in [5, 5.41) is 0. The fourth-order valence-corrected chi connectivity index (χ4v) is 2.83. The number of aromatic nitrogens is 2. The summed E-state index contributed by atoms with van der Waals surface area (Å²) in [6.07, 6.45) is 4.76. The van der Waals surface area contributed by atoms with Gasteiger partial charge < -0.3 is 10.3 Å². The fraction of sp³-hybridized carbons (Fsp3) is 0.750. The van der Waals surface area contributed by atoms with Crippen LogP contribution in [0.3, 0.4) is 0 Å². The summed E-state index contributed by atoms with van der Waals surface area (Å²) in [4.78, 5) is 4.65. The summed E-state index contributed by atoms with van der Waals surface area (Å²) in [6.45, 7) is 5.39. The van der Waals surface area contributed by atoms with Gasteiger partial charge in [-0.3, -0.25) is 0 Å². The molecular weight excluding hydrogens is 186 g/mol. The van der Waals surface area contributed by atoms with E-state index in [9.17, 15) is 0 Å². The summed E-state index contributed by atoms with van der Waals surface area (Å²) in [5.74, 6) is 1.93. The Hall–Kier alpha value is -0.830. The molecule has 1 fully saturated rings. The van der Waals surface area contributed by atoms with E-state index in [1.165, 1.54) is 36.5 Å². The van der Waals surface area contributed by atoms with Crippen LogP contribution in [0.5, 0.6) is 0 Å². The Bertz CT molecular complexity index is 401. The highest BCUT2D eigenvalue weighted by Gasteiger charge is 2.46. The molecule has 1 aromatic rings. The van der Waals surface area contributed by atoms with Gasteiger partial charge in [-0.1, -0.05) is 0 Å². The van der Waals surface area contributed by atoms with E-state index in [1.54, 1.807) is 0 Å². The fourth-order valence-electron chi connectivity index (χ4n) is 2.83. The van der Waals surface area contributed by atoms with Gasteiger partial charge in [-0.2, -0.15) is 0 Å². The summed E-state index contributed by atoms with van der Waals surface area (Å²) >= 11 is 0. The van der Waals surface area contributed by atoms with Gasteiger partial charge in [0.25, 0.3) is 0 Å². The van der Waals surface area contributed by atoms with Crippen LogP contribution in [0, 0.1) is 19.8 Å². The standard InChI is InChI=1S/C12H19N3/c1-8-9(2)15-6-3-10(7-11(15)14-8)12(13)4-5-12/h10H,3-7,13H2,1-2H3. The monoisotopic (exact) mass is 205 g/mol. The molecule has 15 heavy (non-hydrogen) atoms. The normalized spacial score (nSPS) is 27.5. The summed E-state index contributed by atoms with van der Waals surface area (Å²) in [5.41, 5.74) is 8.98. The van der Waals surface area contributed by atoms with Gasteiger partial charge in [0.2, 0.25) is 0 Å². The molecule has 1 unspecified atom stereocenters. The number of nitrogens with two attached hydrogens (primary N) is 1. The van der Waals surface area contributed by atoms with Gasteiger partial charge in [0.05, 0.1) is 5.69 Å². The van der Waals surface area contributed by atoms with Gasteiger partial charge in [-0.05, 0) is 39.0 Å². The van der Waals surface area contributed by atoms with Gasteiger partial charge in [-0.25, -0.2) is 4.98 Å². The molecule has 2 aliphatic rings. The molecule has 3 heteroatoms. The van der Waals surface area contributed by atoms with E-state index in [0.29, 0.717) is 5.92 Å². The van der Waals surface area contributed by atoms with Crippen LogP contribution in [-0.4, -0.2) is 15.1 Å².